The van der Waals surface area contributed by atoms with E-state index in [4.69, 9.17) is 0 Å². The van der Waals surface area contributed by atoms with E-state index >= 15 is 0 Å². The molecule has 0 saturated heterocycles. The minimum atomic E-state index is 0.614. The highest BCUT2D eigenvalue weighted by atomic mass is 79.9. The maximum atomic E-state index is 3.68. The van der Waals surface area contributed by atoms with Crippen LogP contribution in [0.25, 0.3) is 0 Å². The predicted molar refractivity (Wildman–Crippen MR) is 93.6 cm³/mol. The van der Waals surface area contributed by atoms with Crippen LogP contribution < -0.4 is 5.32 Å². The lowest BCUT2D eigenvalue weighted by atomic mass is 9.69. The Morgan fingerprint density at radius 1 is 1.20 bits per heavy atom. The Hall–Kier alpha value is 0.140. The van der Waals surface area contributed by atoms with Crippen molar-refractivity contribution in [3.8, 4) is 0 Å². The Labute approximate surface area is 136 Å². The minimum Gasteiger partial charge on any atom is -0.317 e. The van der Waals surface area contributed by atoms with Gasteiger partial charge in [0.15, 0.2) is 0 Å². The van der Waals surface area contributed by atoms with Gasteiger partial charge in [0.25, 0.3) is 0 Å². The Morgan fingerprint density at radius 2 is 2.00 bits per heavy atom. The van der Waals surface area contributed by atoms with E-state index in [0.717, 1.165) is 0 Å². The lowest BCUT2D eigenvalue weighted by molar-refractivity contribution is 0.157. The molecular weight excluding hydrogens is 330 g/mol. The Morgan fingerprint density at radius 3 is 2.65 bits per heavy atom. The number of rotatable bonds is 8. The van der Waals surface area contributed by atoms with Crippen molar-refractivity contribution >= 4 is 27.3 Å². The second kappa shape index (κ2) is 8.55. The van der Waals surface area contributed by atoms with Crippen molar-refractivity contribution in [2.45, 2.75) is 64.7 Å². The van der Waals surface area contributed by atoms with Crippen LogP contribution in [-0.4, -0.2) is 13.1 Å². The molecule has 1 saturated carbocycles. The van der Waals surface area contributed by atoms with Crippen molar-refractivity contribution in [2.24, 2.45) is 5.41 Å². The molecular formula is C17H28BrNS. The molecule has 0 unspecified atom stereocenters. The summed E-state index contributed by atoms with van der Waals surface area (Å²) >= 11 is 5.59. The standard InChI is InChI=1S/C17H28BrNS/c1-2-12-19-13-11-17(8-4-3-5-9-17)10-6-16-15(18)7-14-20-16/h7,14,19H,2-6,8-13H2,1H3. The number of aryl methyl sites for hydroxylation is 1. The third-order valence-electron chi connectivity index (χ3n) is 4.75. The summed E-state index contributed by atoms with van der Waals surface area (Å²) in [5.41, 5.74) is 0.614. The number of thiophene rings is 1. The molecule has 1 nitrogen and oxygen atoms in total. The van der Waals surface area contributed by atoms with Gasteiger partial charge < -0.3 is 5.32 Å². The average molecular weight is 358 g/mol. The van der Waals surface area contributed by atoms with Gasteiger partial charge in [0.2, 0.25) is 0 Å². The van der Waals surface area contributed by atoms with Gasteiger partial charge in [-0.25, -0.2) is 0 Å². The van der Waals surface area contributed by atoms with Crippen LogP contribution in [0, 0.1) is 5.41 Å². The van der Waals surface area contributed by atoms with Gasteiger partial charge in [-0.2, -0.15) is 0 Å². The van der Waals surface area contributed by atoms with Crippen LogP contribution >= 0.6 is 27.3 Å². The van der Waals surface area contributed by atoms with Gasteiger partial charge >= 0.3 is 0 Å². The summed E-state index contributed by atoms with van der Waals surface area (Å²) in [5, 5.41) is 5.81. The van der Waals surface area contributed by atoms with Crippen molar-refractivity contribution < 1.29 is 0 Å². The second-order valence-corrected chi connectivity index (χ2v) is 8.11. The lowest BCUT2D eigenvalue weighted by Crippen LogP contribution is -2.30. The maximum absolute atomic E-state index is 3.68. The molecule has 0 aliphatic heterocycles. The van der Waals surface area contributed by atoms with Gasteiger partial charge in [-0.05, 0) is 84.4 Å². The molecule has 20 heavy (non-hydrogen) atoms. The van der Waals surface area contributed by atoms with Crippen LogP contribution in [0.5, 0.6) is 0 Å². The normalized spacial score (nSPS) is 18.3. The minimum absolute atomic E-state index is 0.614. The molecule has 1 aromatic heterocycles. The first-order valence-corrected chi connectivity index (χ1v) is 9.86. The Bertz CT molecular complexity index is 382. The topological polar surface area (TPSA) is 12.0 Å². The molecule has 3 heteroatoms. The van der Waals surface area contributed by atoms with Crippen LogP contribution in [0.3, 0.4) is 0 Å². The highest BCUT2D eigenvalue weighted by Crippen LogP contribution is 2.43. The third-order valence-corrected chi connectivity index (χ3v) is 6.73. The van der Waals surface area contributed by atoms with Crippen molar-refractivity contribution in [3.05, 3.63) is 20.8 Å². The molecule has 0 atom stereocenters. The zero-order valence-corrected chi connectivity index (χ0v) is 15.1. The molecule has 1 fully saturated rings. The average Bonchev–Trinajstić information content (AvgIpc) is 2.88. The van der Waals surface area contributed by atoms with E-state index in [1.165, 1.54) is 80.2 Å². The van der Waals surface area contributed by atoms with Gasteiger partial charge in [0.1, 0.15) is 0 Å². The molecule has 1 heterocycles. The molecule has 0 aromatic carbocycles. The number of hydrogen-bond donors (Lipinski definition) is 1. The molecule has 1 aliphatic rings. The second-order valence-electron chi connectivity index (χ2n) is 6.25. The van der Waals surface area contributed by atoms with Gasteiger partial charge in [-0.15, -0.1) is 11.3 Å². The lowest BCUT2D eigenvalue weighted by Gasteiger charge is -2.38. The molecule has 1 aliphatic carbocycles. The molecule has 0 amide bonds. The van der Waals surface area contributed by atoms with Crippen molar-refractivity contribution in [1.82, 2.24) is 5.32 Å². The van der Waals surface area contributed by atoms with E-state index in [9.17, 15) is 0 Å². The molecule has 0 spiro atoms. The highest BCUT2D eigenvalue weighted by molar-refractivity contribution is 9.10. The fourth-order valence-electron chi connectivity index (χ4n) is 3.46. The quantitative estimate of drug-likeness (QED) is 0.581. The van der Waals surface area contributed by atoms with Crippen LogP contribution in [-0.2, 0) is 6.42 Å². The molecule has 1 N–H and O–H groups in total. The third kappa shape index (κ3) is 4.85. The van der Waals surface area contributed by atoms with Crippen molar-refractivity contribution in [2.75, 3.05) is 13.1 Å². The summed E-state index contributed by atoms with van der Waals surface area (Å²) in [6, 6.07) is 2.19. The van der Waals surface area contributed by atoms with E-state index in [-0.39, 0.29) is 0 Å². The predicted octanol–water partition coefficient (Wildman–Crippen LogP) is 5.78. The Kier molecular flexibility index (Phi) is 7.06. The first-order chi connectivity index (χ1) is 9.76. The van der Waals surface area contributed by atoms with E-state index < -0.39 is 0 Å². The maximum Gasteiger partial charge on any atom is 0.0314 e. The molecule has 1 aromatic rings. The smallest absolute Gasteiger partial charge is 0.0314 e. The summed E-state index contributed by atoms with van der Waals surface area (Å²) in [4.78, 5) is 1.54. The zero-order valence-electron chi connectivity index (χ0n) is 12.7. The molecule has 114 valence electrons. The summed E-state index contributed by atoms with van der Waals surface area (Å²) in [6.07, 6.45) is 12.5. The van der Waals surface area contributed by atoms with Crippen LogP contribution in [0.2, 0.25) is 0 Å². The Balaban J connectivity index is 1.87. The summed E-state index contributed by atoms with van der Waals surface area (Å²) in [5.74, 6) is 0. The molecule has 0 bridgehead atoms. The summed E-state index contributed by atoms with van der Waals surface area (Å²) < 4.78 is 1.32. The van der Waals surface area contributed by atoms with Crippen LogP contribution in [0.1, 0.15) is 63.2 Å². The molecule has 2 rings (SSSR count). The van der Waals surface area contributed by atoms with Crippen LogP contribution in [0.4, 0.5) is 0 Å². The number of hydrogen-bond acceptors (Lipinski definition) is 2. The summed E-state index contributed by atoms with van der Waals surface area (Å²) in [7, 11) is 0. The van der Waals surface area contributed by atoms with E-state index in [1.54, 1.807) is 0 Å². The van der Waals surface area contributed by atoms with Crippen LogP contribution in [0.15, 0.2) is 15.9 Å². The SMILES string of the molecule is CCCNCCC1(CCc2sccc2Br)CCCCC1. The van der Waals surface area contributed by atoms with Crippen molar-refractivity contribution in [1.29, 1.82) is 0 Å². The number of nitrogens with one attached hydrogen (secondary N) is 1. The number of halogens is 1. The fourth-order valence-corrected chi connectivity index (χ4v) is 5.02. The van der Waals surface area contributed by atoms with E-state index in [0.29, 0.717) is 5.41 Å². The largest absolute Gasteiger partial charge is 0.317 e. The zero-order chi connectivity index (χ0) is 14.3. The fraction of sp³-hybridized carbons (Fsp3) is 0.765. The molecule has 0 radical (unpaired) electrons. The monoisotopic (exact) mass is 357 g/mol. The first kappa shape index (κ1) is 16.5. The van der Waals surface area contributed by atoms with Gasteiger partial charge in [0, 0.05) is 9.35 Å². The van der Waals surface area contributed by atoms with Gasteiger partial charge in [-0.3, -0.25) is 0 Å². The van der Waals surface area contributed by atoms with E-state index in [1.807, 2.05) is 11.3 Å². The highest BCUT2D eigenvalue weighted by Gasteiger charge is 2.31. The summed E-state index contributed by atoms with van der Waals surface area (Å²) in [6.45, 7) is 4.63. The first-order valence-electron chi connectivity index (χ1n) is 8.18. The van der Waals surface area contributed by atoms with Crippen molar-refractivity contribution in [3.63, 3.8) is 0 Å². The van der Waals surface area contributed by atoms with E-state index in [2.05, 4.69) is 39.6 Å². The van der Waals surface area contributed by atoms with Gasteiger partial charge in [-0.1, -0.05) is 26.2 Å². The van der Waals surface area contributed by atoms with Gasteiger partial charge in [0.05, 0.1) is 0 Å².